The van der Waals surface area contributed by atoms with Crippen molar-refractivity contribution in [3.63, 3.8) is 0 Å². The lowest BCUT2D eigenvalue weighted by Gasteiger charge is -2.24. The van der Waals surface area contributed by atoms with Crippen LogP contribution < -0.4 is 5.32 Å². The maximum Gasteiger partial charge on any atom is 0.323 e. The molecule has 0 aromatic rings. The number of carboxylic acid groups (broad SMARTS) is 1. The van der Waals surface area contributed by atoms with Gasteiger partial charge in [0.15, 0.2) is 0 Å². The average Bonchev–Trinajstić information content (AvgIpc) is 2.67. The first-order valence-corrected chi connectivity index (χ1v) is 5.80. The SMILES string of the molecule is C=CCCCCCC1(C(=O)O)CCCN1. The molecule has 0 aromatic carbocycles. The third kappa shape index (κ3) is 3.34. The van der Waals surface area contributed by atoms with Crippen molar-refractivity contribution in [3.05, 3.63) is 12.7 Å². The predicted octanol–water partition coefficient (Wildman–Crippen LogP) is 2.33. The predicted molar refractivity (Wildman–Crippen MR) is 60.9 cm³/mol. The van der Waals surface area contributed by atoms with Crippen LogP contribution in [0.5, 0.6) is 0 Å². The Bertz CT molecular complexity index is 220. The molecule has 1 unspecified atom stereocenters. The van der Waals surface area contributed by atoms with Crippen molar-refractivity contribution in [2.24, 2.45) is 0 Å². The Morgan fingerprint density at radius 1 is 1.47 bits per heavy atom. The van der Waals surface area contributed by atoms with Gasteiger partial charge in [0.1, 0.15) is 5.54 Å². The van der Waals surface area contributed by atoms with E-state index in [2.05, 4.69) is 11.9 Å². The zero-order chi connectivity index (χ0) is 11.1. The molecule has 0 saturated carbocycles. The minimum atomic E-state index is -0.677. The lowest BCUT2D eigenvalue weighted by atomic mass is 9.90. The number of aliphatic carboxylic acids is 1. The number of hydrogen-bond acceptors (Lipinski definition) is 2. The third-order valence-electron chi connectivity index (χ3n) is 3.16. The maximum atomic E-state index is 11.2. The molecule has 0 spiro atoms. The van der Waals surface area contributed by atoms with Crippen LogP contribution in [0.3, 0.4) is 0 Å². The van der Waals surface area contributed by atoms with Gasteiger partial charge in [0.05, 0.1) is 0 Å². The maximum absolute atomic E-state index is 11.2. The van der Waals surface area contributed by atoms with Gasteiger partial charge in [-0.3, -0.25) is 4.79 Å². The molecular weight excluding hydrogens is 190 g/mol. The number of hydrogen-bond donors (Lipinski definition) is 2. The molecule has 1 fully saturated rings. The summed E-state index contributed by atoms with van der Waals surface area (Å²) in [6.45, 7) is 4.52. The van der Waals surface area contributed by atoms with Crippen molar-refractivity contribution >= 4 is 5.97 Å². The highest BCUT2D eigenvalue weighted by Gasteiger charge is 2.40. The van der Waals surface area contributed by atoms with Crippen LogP contribution in [-0.4, -0.2) is 23.2 Å². The van der Waals surface area contributed by atoms with E-state index < -0.39 is 11.5 Å². The van der Waals surface area contributed by atoms with Crippen molar-refractivity contribution < 1.29 is 9.90 Å². The fraction of sp³-hybridized carbons (Fsp3) is 0.750. The van der Waals surface area contributed by atoms with E-state index in [9.17, 15) is 9.90 Å². The molecule has 1 heterocycles. The summed E-state index contributed by atoms with van der Waals surface area (Å²) >= 11 is 0. The molecule has 1 aliphatic heterocycles. The van der Waals surface area contributed by atoms with Gasteiger partial charge >= 0.3 is 5.97 Å². The van der Waals surface area contributed by atoms with E-state index in [1.165, 1.54) is 0 Å². The van der Waals surface area contributed by atoms with E-state index in [1.807, 2.05) is 6.08 Å². The average molecular weight is 211 g/mol. The van der Waals surface area contributed by atoms with Crippen LogP contribution in [0.25, 0.3) is 0 Å². The summed E-state index contributed by atoms with van der Waals surface area (Å²) in [5, 5.41) is 12.3. The number of carbonyl (C=O) groups is 1. The fourth-order valence-corrected chi connectivity index (χ4v) is 2.20. The topological polar surface area (TPSA) is 49.3 Å². The fourth-order valence-electron chi connectivity index (χ4n) is 2.20. The first-order valence-electron chi connectivity index (χ1n) is 5.80. The van der Waals surface area contributed by atoms with E-state index in [1.54, 1.807) is 0 Å². The van der Waals surface area contributed by atoms with Crippen molar-refractivity contribution in [1.82, 2.24) is 5.32 Å². The van der Waals surface area contributed by atoms with Crippen molar-refractivity contribution in [2.75, 3.05) is 6.54 Å². The summed E-state index contributed by atoms with van der Waals surface area (Å²) in [6, 6.07) is 0. The first-order chi connectivity index (χ1) is 7.21. The number of unbranched alkanes of at least 4 members (excludes halogenated alkanes) is 3. The van der Waals surface area contributed by atoms with Gasteiger partial charge in [-0.1, -0.05) is 18.9 Å². The first kappa shape index (κ1) is 12.2. The molecule has 0 aliphatic carbocycles. The minimum Gasteiger partial charge on any atom is -0.480 e. The summed E-state index contributed by atoms with van der Waals surface area (Å²) in [7, 11) is 0. The highest BCUT2D eigenvalue weighted by atomic mass is 16.4. The van der Waals surface area contributed by atoms with Crippen LogP contribution >= 0.6 is 0 Å². The Morgan fingerprint density at radius 2 is 2.27 bits per heavy atom. The second kappa shape index (κ2) is 5.91. The molecule has 0 aromatic heterocycles. The number of rotatable bonds is 7. The van der Waals surface area contributed by atoms with E-state index in [0.29, 0.717) is 0 Å². The summed E-state index contributed by atoms with van der Waals surface area (Å²) in [4.78, 5) is 11.2. The van der Waals surface area contributed by atoms with Gasteiger partial charge in [-0.15, -0.1) is 6.58 Å². The molecule has 15 heavy (non-hydrogen) atoms. The molecule has 0 radical (unpaired) electrons. The normalized spacial score (nSPS) is 25.3. The molecule has 3 nitrogen and oxygen atoms in total. The molecule has 2 N–H and O–H groups in total. The van der Waals surface area contributed by atoms with Crippen LogP contribution in [0, 0.1) is 0 Å². The van der Waals surface area contributed by atoms with Crippen LogP contribution in [0.2, 0.25) is 0 Å². The molecule has 86 valence electrons. The van der Waals surface area contributed by atoms with Gasteiger partial charge in [-0.05, 0) is 38.6 Å². The molecule has 0 amide bonds. The monoisotopic (exact) mass is 211 g/mol. The molecular formula is C12H21NO2. The Labute approximate surface area is 91.6 Å². The minimum absolute atomic E-state index is 0.617. The van der Waals surface area contributed by atoms with Gasteiger partial charge in [0, 0.05) is 0 Å². The third-order valence-corrected chi connectivity index (χ3v) is 3.16. The highest BCUT2D eigenvalue weighted by Crippen LogP contribution is 2.26. The zero-order valence-corrected chi connectivity index (χ0v) is 9.30. The van der Waals surface area contributed by atoms with Gasteiger partial charge in [0.25, 0.3) is 0 Å². The molecule has 1 saturated heterocycles. The molecule has 0 bridgehead atoms. The Kier molecular flexibility index (Phi) is 4.82. The van der Waals surface area contributed by atoms with Gasteiger partial charge in [-0.2, -0.15) is 0 Å². The summed E-state index contributed by atoms with van der Waals surface area (Å²) in [5.74, 6) is -0.677. The van der Waals surface area contributed by atoms with E-state index >= 15 is 0 Å². The van der Waals surface area contributed by atoms with Gasteiger partial charge in [0.2, 0.25) is 0 Å². The van der Waals surface area contributed by atoms with Crippen molar-refractivity contribution in [2.45, 2.75) is 50.5 Å². The zero-order valence-electron chi connectivity index (χ0n) is 9.30. The van der Waals surface area contributed by atoms with Gasteiger partial charge in [-0.25, -0.2) is 0 Å². The Morgan fingerprint density at radius 3 is 2.80 bits per heavy atom. The second-order valence-corrected chi connectivity index (χ2v) is 4.31. The number of carboxylic acids is 1. The lowest BCUT2D eigenvalue weighted by Crippen LogP contribution is -2.47. The van der Waals surface area contributed by atoms with Gasteiger partial charge < -0.3 is 10.4 Å². The second-order valence-electron chi connectivity index (χ2n) is 4.31. The quantitative estimate of drug-likeness (QED) is 0.502. The van der Waals surface area contributed by atoms with Crippen molar-refractivity contribution in [3.8, 4) is 0 Å². The van der Waals surface area contributed by atoms with Crippen LogP contribution in [0.15, 0.2) is 12.7 Å². The molecule has 1 rings (SSSR count). The summed E-state index contributed by atoms with van der Waals surface area (Å²) in [6.07, 6.45) is 8.70. The van der Waals surface area contributed by atoms with E-state index in [-0.39, 0.29) is 0 Å². The van der Waals surface area contributed by atoms with E-state index in [0.717, 1.165) is 51.5 Å². The Balaban J connectivity index is 2.27. The van der Waals surface area contributed by atoms with E-state index in [4.69, 9.17) is 0 Å². The lowest BCUT2D eigenvalue weighted by molar-refractivity contribution is -0.144. The highest BCUT2D eigenvalue weighted by molar-refractivity contribution is 5.79. The number of allylic oxidation sites excluding steroid dienone is 1. The Hall–Kier alpha value is -0.830. The molecule has 1 atom stereocenters. The summed E-state index contributed by atoms with van der Waals surface area (Å²) in [5.41, 5.74) is -0.617. The van der Waals surface area contributed by atoms with Crippen LogP contribution in [-0.2, 0) is 4.79 Å². The smallest absolute Gasteiger partial charge is 0.323 e. The van der Waals surface area contributed by atoms with Crippen molar-refractivity contribution in [1.29, 1.82) is 0 Å². The van der Waals surface area contributed by atoms with Crippen LogP contribution in [0.4, 0.5) is 0 Å². The van der Waals surface area contributed by atoms with Crippen LogP contribution in [0.1, 0.15) is 44.9 Å². The largest absolute Gasteiger partial charge is 0.480 e. The molecule has 1 aliphatic rings. The summed E-state index contributed by atoms with van der Waals surface area (Å²) < 4.78 is 0. The number of nitrogens with one attached hydrogen (secondary N) is 1. The molecule has 3 heteroatoms. The standard InChI is InChI=1S/C12H21NO2/c1-2-3-4-5-6-8-12(11(14)15)9-7-10-13-12/h2,13H,1,3-10H2,(H,14,15).